The molecule has 0 amide bonds. The van der Waals surface area contributed by atoms with E-state index in [4.69, 9.17) is 5.11 Å². The Balaban J connectivity index is 0.000000187. The fraction of sp³-hybridized carbons (Fsp3) is 0.167. The molecule has 0 aliphatic rings. The summed E-state index contributed by atoms with van der Waals surface area (Å²) in [4.78, 5) is 22.1. The average molecular weight is 219 g/mol. The fourth-order valence-electron chi connectivity index (χ4n) is 1.22. The number of carbonyl (C=O) groups excluding carboxylic acids is 1. The molecule has 0 fully saturated rings. The van der Waals surface area contributed by atoms with E-state index in [2.05, 4.69) is 30.1 Å². The second kappa shape index (κ2) is 5.11. The normalized spacial score (nSPS) is 9.38. The third-order valence-electron chi connectivity index (χ3n) is 2.10. The molecule has 1 aromatic carbocycles. The Kier molecular flexibility index (Phi) is 3.83. The molecule has 1 aromatic heterocycles. The van der Waals surface area contributed by atoms with E-state index in [1.807, 2.05) is 12.3 Å². The number of ketones is 1. The fourth-order valence-corrected chi connectivity index (χ4v) is 1.22. The van der Waals surface area contributed by atoms with Crippen molar-refractivity contribution in [2.45, 2.75) is 13.8 Å². The number of Topliss-reactive ketones (excluding diaryl/α,β-unsaturated/α-hetero) is 1. The van der Waals surface area contributed by atoms with Crippen molar-refractivity contribution in [1.29, 1.82) is 0 Å². The van der Waals surface area contributed by atoms with Crippen LogP contribution < -0.4 is 0 Å². The number of aromatic amines is 1. The van der Waals surface area contributed by atoms with E-state index in [-0.39, 0.29) is 0 Å². The van der Waals surface area contributed by atoms with Crippen LogP contribution in [0.2, 0.25) is 0 Å². The van der Waals surface area contributed by atoms with Crippen molar-refractivity contribution in [3.63, 3.8) is 0 Å². The number of H-pyrrole nitrogens is 1. The molecule has 0 unspecified atom stereocenters. The van der Waals surface area contributed by atoms with Crippen molar-refractivity contribution < 1.29 is 14.7 Å². The Morgan fingerprint density at radius 1 is 1.25 bits per heavy atom. The lowest BCUT2D eigenvalue weighted by Gasteiger charge is -1.86. The van der Waals surface area contributed by atoms with Gasteiger partial charge in [0.05, 0.1) is 0 Å². The van der Waals surface area contributed by atoms with Gasteiger partial charge < -0.3 is 10.1 Å². The average Bonchev–Trinajstić information content (AvgIpc) is 2.62. The van der Waals surface area contributed by atoms with Gasteiger partial charge in [-0.25, -0.2) is 4.79 Å². The summed E-state index contributed by atoms with van der Waals surface area (Å²) in [6, 6.07) is 8.31. The number of para-hydroxylation sites is 1. The molecular weight excluding hydrogens is 206 g/mol. The van der Waals surface area contributed by atoms with Crippen molar-refractivity contribution in [2.24, 2.45) is 0 Å². The lowest BCUT2D eigenvalue weighted by Crippen LogP contribution is -2.05. The number of aromatic nitrogens is 1. The molecule has 16 heavy (non-hydrogen) atoms. The third-order valence-corrected chi connectivity index (χ3v) is 2.10. The van der Waals surface area contributed by atoms with Crippen molar-refractivity contribution in [2.75, 3.05) is 0 Å². The quantitative estimate of drug-likeness (QED) is 0.722. The largest absolute Gasteiger partial charge is 0.476 e. The molecule has 0 aliphatic carbocycles. The first-order valence-electron chi connectivity index (χ1n) is 4.79. The van der Waals surface area contributed by atoms with Gasteiger partial charge in [-0.1, -0.05) is 18.2 Å². The number of aryl methyl sites for hydroxylation is 1. The molecule has 4 nitrogen and oxygen atoms in total. The number of aliphatic carboxylic acids is 1. The van der Waals surface area contributed by atoms with Gasteiger partial charge >= 0.3 is 5.97 Å². The molecule has 2 aromatic rings. The Hall–Kier alpha value is -2.10. The summed E-state index contributed by atoms with van der Waals surface area (Å²) in [5.74, 6) is -2.20. The molecule has 0 bridgehead atoms. The molecule has 0 saturated heterocycles. The Morgan fingerprint density at radius 3 is 2.31 bits per heavy atom. The van der Waals surface area contributed by atoms with Crippen LogP contribution in [-0.4, -0.2) is 21.8 Å². The monoisotopic (exact) mass is 219 g/mol. The lowest BCUT2D eigenvalue weighted by molar-refractivity contribution is -0.148. The number of hydrogen-bond acceptors (Lipinski definition) is 2. The van der Waals surface area contributed by atoms with Crippen LogP contribution in [0.4, 0.5) is 0 Å². The van der Waals surface area contributed by atoms with Crippen LogP contribution in [0.25, 0.3) is 10.9 Å². The summed E-state index contributed by atoms with van der Waals surface area (Å²) < 4.78 is 0. The number of nitrogens with one attached hydrogen (secondary N) is 1. The van der Waals surface area contributed by atoms with Crippen LogP contribution in [0.1, 0.15) is 12.5 Å². The lowest BCUT2D eigenvalue weighted by atomic mass is 10.2. The molecule has 84 valence electrons. The molecule has 1 heterocycles. The standard InChI is InChI=1S/C9H9N.C3H4O3/c1-7-6-10-9-5-3-2-4-8(7)9;1-2(4)3(5)6/h2-6,10H,1H3;1H3,(H,5,6). The first-order chi connectivity index (χ1) is 7.52. The van der Waals surface area contributed by atoms with Crippen molar-refractivity contribution in [3.05, 3.63) is 36.0 Å². The predicted molar refractivity (Wildman–Crippen MR) is 61.4 cm³/mol. The molecule has 0 atom stereocenters. The molecule has 0 saturated carbocycles. The van der Waals surface area contributed by atoms with Crippen LogP contribution in [0, 0.1) is 6.92 Å². The highest BCUT2D eigenvalue weighted by Gasteiger charge is 1.99. The molecule has 2 rings (SSSR count). The number of hydrogen-bond donors (Lipinski definition) is 2. The molecule has 0 spiro atoms. The molecule has 4 heteroatoms. The van der Waals surface area contributed by atoms with Gasteiger partial charge in [0, 0.05) is 24.0 Å². The highest BCUT2D eigenvalue weighted by Crippen LogP contribution is 2.15. The zero-order chi connectivity index (χ0) is 12.1. The number of rotatable bonds is 1. The molecule has 0 aliphatic heterocycles. The number of benzene rings is 1. The van der Waals surface area contributed by atoms with Crippen LogP contribution in [0.5, 0.6) is 0 Å². The van der Waals surface area contributed by atoms with E-state index in [0.29, 0.717) is 0 Å². The SMILES string of the molecule is CC(=O)C(=O)O.Cc1c[nH]c2ccccc12. The Bertz CT molecular complexity index is 502. The van der Waals surface area contributed by atoms with Crippen LogP contribution in [0.3, 0.4) is 0 Å². The molecule has 0 radical (unpaired) electrons. The van der Waals surface area contributed by atoms with Gasteiger partial charge in [-0.15, -0.1) is 0 Å². The summed E-state index contributed by atoms with van der Waals surface area (Å²) in [7, 11) is 0. The van der Waals surface area contributed by atoms with E-state index >= 15 is 0 Å². The number of fused-ring (bicyclic) bond motifs is 1. The highest BCUT2D eigenvalue weighted by molar-refractivity contribution is 6.31. The predicted octanol–water partition coefficient (Wildman–Crippen LogP) is 2.14. The minimum atomic E-state index is -1.38. The summed E-state index contributed by atoms with van der Waals surface area (Å²) in [6.07, 6.45) is 2.03. The Morgan fingerprint density at radius 2 is 1.81 bits per heavy atom. The van der Waals surface area contributed by atoms with Crippen molar-refractivity contribution in [3.8, 4) is 0 Å². The van der Waals surface area contributed by atoms with Crippen LogP contribution in [-0.2, 0) is 9.59 Å². The van der Waals surface area contributed by atoms with E-state index < -0.39 is 11.8 Å². The number of carboxylic acid groups (broad SMARTS) is 1. The van der Waals surface area contributed by atoms with E-state index in [9.17, 15) is 9.59 Å². The topological polar surface area (TPSA) is 70.2 Å². The van der Waals surface area contributed by atoms with Gasteiger partial charge in [-0.2, -0.15) is 0 Å². The second-order valence-electron chi connectivity index (χ2n) is 3.38. The zero-order valence-electron chi connectivity index (χ0n) is 9.15. The first kappa shape index (κ1) is 12.0. The summed E-state index contributed by atoms with van der Waals surface area (Å²) in [5.41, 5.74) is 2.54. The van der Waals surface area contributed by atoms with Gasteiger partial charge in [0.15, 0.2) is 0 Å². The summed E-state index contributed by atoms with van der Waals surface area (Å²) in [6.45, 7) is 3.11. The van der Waals surface area contributed by atoms with E-state index in [0.717, 1.165) is 6.92 Å². The van der Waals surface area contributed by atoms with Crippen LogP contribution in [0.15, 0.2) is 30.5 Å². The van der Waals surface area contributed by atoms with Gasteiger partial charge in [0.1, 0.15) is 0 Å². The smallest absolute Gasteiger partial charge is 0.371 e. The molecule has 2 N–H and O–H groups in total. The zero-order valence-corrected chi connectivity index (χ0v) is 9.15. The van der Waals surface area contributed by atoms with Gasteiger partial charge in [-0.3, -0.25) is 4.79 Å². The minimum absolute atomic E-state index is 0.824. The minimum Gasteiger partial charge on any atom is -0.476 e. The summed E-state index contributed by atoms with van der Waals surface area (Å²) >= 11 is 0. The third kappa shape index (κ3) is 2.95. The maximum absolute atomic E-state index is 9.54. The Labute approximate surface area is 92.9 Å². The van der Waals surface area contributed by atoms with Crippen molar-refractivity contribution >= 4 is 22.7 Å². The summed E-state index contributed by atoms with van der Waals surface area (Å²) in [5, 5.41) is 8.96. The van der Waals surface area contributed by atoms with Gasteiger partial charge in [-0.05, 0) is 18.6 Å². The van der Waals surface area contributed by atoms with Crippen LogP contribution >= 0.6 is 0 Å². The highest BCUT2D eigenvalue weighted by atomic mass is 16.4. The van der Waals surface area contributed by atoms with E-state index in [1.165, 1.54) is 16.5 Å². The number of carbonyl (C=O) groups is 2. The maximum atomic E-state index is 9.54. The first-order valence-corrected chi connectivity index (χ1v) is 4.79. The maximum Gasteiger partial charge on any atom is 0.371 e. The molecular formula is C12H13NO3. The van der Waals surface area contributed by atoms with Gasteiger partial charge in [0.2, 0.25) is 5.78 Å². The number of carboxylic acids is 1. The van der Waals surface area contributed by atoms with E-state index in [1.54, 1.807) is 0 Å². The van der Waals surface area contributed by atoms with Crippen molar-refractivity contribution in [1.82, 2.24) is 4.98 Å². The second-order valence-corrected chi connectivity index (χ2v) is 3.38. The van der Waals surface area contributed by atoms with Gasteiger partial charge in [0.25, 0.3) is 0 Å².